The van der Waals surface area contributed by atoms with Crippen LogP contribution in [0.1, 0.15) is 27.7 Å². The van der Waals surface area contributed by atoms with E-state index in [1.165, 1.54) is 14.2 Å². The van der Waals surface area contributed by atoms with Crippen LogP contribution in [0.5, 0.6) is 12.0 Å². The van der Waals surface area contributed by atoms with Crippen LogP contribution in [0.3, 0.4) is 0 Å². The molecular weight excluding hydrogens is 232 g/mol. The molecule has 0 fully saturated rings. The molecule has 0 aromatic carbocycles. The Morgan fingerprint density at radius 2 is 1.56 bits per heavy atom. The smallest absolute Gasteiger partial charge is 0.324 e. The van der Waals surface area contributed by atoms with Gasteiger partial charge in [0.2, 0.25) is 5.95 Å². The second-order valence-electron chi connectivity index (χ2n) is 5.28. The van der Waals surface area contributed by atoms with Crippen molar-refractivity contribution >= 4 is 5.95 Å². The highest BCUT2D eigenvalue weighted by Crippen LogP contribution is 2.25. The maximum Gasteiger partial charge on any atom is 0.324 e. The Morgan fingerprint density at radius 3 is 1.94 bits per heavy atom. The summed E-state index contributed by atoms with van der Waals surface area (Å²) in [5, 5.41) is 3.18. The van der Waals surface area contributed by atoms with E-state index >= 15 is 0 Å². The van der Waals surface area contributed by atoms with Crippen molar-refractivity contribution in [2.75, 3.05) is 26.1 Å². The van der Waals surface area contributed by atoms with E-state index in [1.807, 2.05) is 0 Å². The molecule has 0 amide bonds. The molecule has 1 aromatic heterocycles. The topological polar surface area (TPSA) is 69.2 Å². The van der Waals surface area contributed by atoms with Crippen molar-refractivity contribution in [3.8, 4) is 12.0 Å². The highest BCUT2D eigenvalue weighted by molar-refractivity contribution is 5.27. The van der Waals surface area contributed by atoms with Gasteiger partial charge in [0.25, 0.3) is 0 Å². The normalized spacial score (nSPS) is 13.0. The van der Waals surface area contributed by atoms with E-state index in [-0.39, 0.29) is 17.4 Å². The predicted octanol–water partition coefficient (Wildman–Crippen LogP) is 1.98. The van der Waals surface area contributed by atoms with Crippen LogP contribution in [0.2, 0.25) is 0 Å². The molecule has 0 saturated heterocycles. The number of nitrogens with zero attached hydrogens (tertiary/aromatic N) is 3. The molecule has 1 atom stereocenters. The highest BCUT2D eigenvalue weighted by atomic mass is 16.5. The zero-order valence-corrected chi connectivity index (χ0v) is 11.9. The summed E-state index contributed by atoms with van der Waals surface area (Å²) in [6.45, 7) is 9.57. The molecule has 1 unspecified atom stereocenters. The number of hydrogen-bond acceptors (Lipinski definition) is 6. The first kappa shape index (κ1) is 14.5. The quantitative estimate of drug-likeness (QED) is 0.866. The average Bonchev–Trinajstić information content (AvgIpc) is 2.34. The minimum atomic E-state index is 0.230. The molecule has 1 rings (SSSR count). The number of hydrogen-bond donors (Lipinski definition) is 1. The van der Waals surface area contributed by atoms with Gasteiger partial charge in [0.1, 0.15) is 0 Å². The minimum absolute atomic E-state index is 0.230. The monoisotopic (exact) mass is 254 g/mol. The van der Waals surface area contributed by atoms with Crippen molar-refractivity contribution in [3.63, 3.8) is 0 Å². The predicted molar refractivity (Wildman–Crippen MR) is 70.0 cm³/mol. The Hall–Kier alpha value is -1.59. The third kappa shape index (κ3) is 4.01. The SMILES string of the molecule is COc1nc(NCC(C)C(C)(C)C)nc(OC)n1. The molecule has 0 aliphatic heterocycles. The Kier molecular flexibility index (Phi) is 4.69. The number of rotatable bonds is 5. The summed E-state index contributed by atoms with van der Waals surface area (Å²) < 4.78 is 9.98. The molecule has 0 aliphatic rings. The van der Waals surface area contributed by atoms with Gasteiger partial charge in [0.15, 0.2) is 0 Å². The van der Waals surface area contributed by atoms with E-state index in [0.717, 1.165) is 6.54 Å². The van der Waals surface area contributed by atoms with E-state index in [9.17, 15) is 0 Å². The Labute approximate surface area is 108 Å². The summed E-state index contributed by atoms with van der Waals surface area (Å²) in [7, 11) is 3.02. The first-order valence-electron chi connectivity index (χ1n) is 5.94. The molecule has 0 spiro atoms. The van der Waals surface area contributed by atoms with Gasteiger partial charge < -0.3 is 14.8 Å². The van der Waals surface area contributed by atoms with Crippen molar-refractivity contribution < 1.29 is 9.47 Å². The Bertz CT molecular complexity index is 368. The second-order valence-corrected chi connectivity index (χ2v) is 5.28. The van der Waals surface area contributed by atoms with Gasteiger partial charge in [-0.25, -0.2) is 0 Å². The zero-order valence-electron chi connectivity index (χ0n) is 11.9. The van der Waals surface area contributed by atoms with Crippen molar-refractivity contribution in [2.24, 2.45) is 11.3 Å². The van der Waals surface area contributed by atoms with Crippen LogP contribution in [-0.2, 0) is 0 Å². The number of aromatic nitrogens is 3. The molecule has 0 saturated carbocycles. The number of methoxy groups -OCH3 is 2. The van der Waals surface area contributed by atoms with Crippen molar-refractivity contribution in [2.45, 2.75) is 27.7 Å². The van der Waals surface area contributed by atoms with E-state index in [0.29, 0.717) is 11.9 Å². The van der Waals surface area contributed by atoms with E-state index in [4.69, 9.17) is 9.47 Å². The van der Waals surface area contributed by atoms with Gasteiger partial charge in [-0.05, 0) is 11.3 Å². The molecule has 0 bridgehead atoms. The van der Waals surface area contributed by atoms with Crippen LogP contribution in [0.25, 0.3) is 0 Å². The summed E-state index contributed by atoms with van der Waals surface area (Å²) in [5.41, 5.74) is 0.230. The lowest BCUT2D eigenvalue weighted by Crippen LogP contribution is -2.25. The maximum atomic E-state index is 4.99. The fourth-order valence-corrected chi connectivity index (χ4v) is 1.15. The molecule has 6 heteroatoms. The first-order chi connectivity index (χ1) is 8.36. The third-order valence-corrected chi connectivity index (χ3v) is 3.00. The minimum Gasteiger partial charge on any atom is -0.467 e. The van der Waals surface area contributed by atoms with Crippen LogP contribution < -0.4 is 14.8 Å². The van der Waals surface area contributed by atoms with Crippen molar-refractivity contribution in [3.05, 3.63) is 0 Å². The van der Waals surface area contributed by atoms with Crippen LogP contribution in [-0.4, -0.2) is 35.7 Å². The Morgan fingerprint density at radius 1 is 1.06 bits per heavy atom. The molecule has 0 aliphatic carbocycles. The van der Waals surface area contributed by atoms with Gasteiger partial charge in [0, 0.05) is 6.54 Å². The standard InChI is InChI=1S/C12H22N4O2/c1-8(12(2,3)4)7-13-9-14-10(17-5)16-11(15-9)18-6/h8H,7H2,1-6H3,(H,13,14,15,16). The summed E-state index contributed by atoms with van der Waals surface area (Å²) in [6.07, 6.45) is 0. The second kappa shape index (κ2) is 5.84. The summed E-state index contributed by atoms with van der Waals surface area (Å²) in [6, 6.07) is 0.487. The van der Waals surface area contributed by atoms with Crippen LogP contribution in [0.4, 0.5) is 5.95 Å². The summed E-state index contributed by atoms with van der Waals surface area (Å²) >= 11 is 0. The lowest BCUT2D eigenvalue weighted by Gasteiger charge is -2.27. The van der Waals surface area contributed by atoms with Crippen molar-refractivity contribution in [1.29, 1.82) is 0 Å². The zero-order chi connectivity index (χ0) is 13.8. The van der Waals surface area contributed by atoms with Gasteiger partial charge in [-0.1, -0.05) is 27.7 Å². The van der Waals surface area contributed by atoms with Gasteiger partial charge >= 0.3 is 12.0 Å². The fraction of sp³-hybridized carbons (Fsp3) is 0.750. The van der Waals surface area contributed by atoms with Gasteiger partial charge in [-0.2, -0.15) is 9.97 Å². The number of ether oxygens (including phenoxy) is 2. The van der Waals surface area contributed by atoms with Crippen LogP contribution in [0.15, 0.2) is 0 Å². The fourth-order valence-electron chi connectivity index (χ4n) is 1.15. The van der Waals surface area contributed by atoms with Gasteiger partial charge in [-0.3, -0.25) is 0 Å². The summed E-state index contributed by atoms with van der Waals surface area (Å²) in [4.78, 5) is 12.2. The molecule has 0 radical (unpaired) electrons. The Balaban J connectivity index is 2.72. The molecule has 1 N–H and O–H groups in total. The molecule has 1 aromatic rings. The largest absolute Gasteiger partial charge is 0.467 e. The lowest BCUT2D eigenvalue weighted by atomic mass is 9.82. The van der Waals surface area contributed by atoms with E-state index in [2.05, 4.69) is 48.0 Å². The van der Waals surface area contributed by atoms with E-state index in [1.54, 1.807) is 0 Å². The van der Waals surface area contributed by atoms with E-state index < -0.39 is 0 Å². The summed E-state index contributed by atoms with van der Waals surface area (Å²) in [5.74, 6) is 0.945. The maximum absolute atomic E-state index is 4.99. The molecule has 1 heterocycles. The van der Waals surface area contributed by atoms with Gasteiger partial charge in [-0.15, -0.1) is 4.98 Å². The molecular formula is C12H22N4O2. The number of anilines is 1. The third-order valence-electron chi connectivity index (χ3n) is 3.00. The highest BCUT2D eigenvalue weighted by Gasteiger charge is 2.20. The molecule has 102 valence electrons. The average molecular weight is 254 g/mol. The van der Waals surface area contributed by atoms with Crippen LogP contribution in [0, 0.1) is 11.3 Å². The number of nitrogens with one attached hydrogen (secondary N) is 1. The molecule has 18 heavy (non-hydrogen) atoms. The lowest BCUT2D eigenvalue weighted by molar-refractivity contribution is 0.274. The van der Waals surface area contributed by atoms with Gasteiger partial charge in [0.05, 0.1) is 14.2 Å². The van der Waals surface area contributed by atoms with Crippen molar-refractivity contribution in [1.82, 2.24) is 15.0 Å². The van der Waals surface area contributed by atoms with Crippen LogP contribution >= 0.6 is 0 Å². The molecule has 6 nitrogen and oxygen atoms in total. The first-order valence-corrected chi connectivity index (χ1v) is 5.94.